The summed E-state index contributed by atoms with van der Waals surface area (Å²) in [7, 11) is 0. The van der Waals surface area contributed by atoms with Crippen molar-refractivity contribution in [1.82, 2.24) is 14.7 Å². The summed E-state index contributed by atoms with van der Waals surface area (Å²) >= 11 is 0. The second kappa shape index (κ2) is 6.22. The fraction of sp³-hybridized carbons (Fsp3) is 0.467. The number of aliphatic hydroxyl groups is 1. The molecule has 0 fully saturated rings. The van der Waals surface area contributed by atoms with Gasteiger partial charge in [-0.2, -0.15) is 0 Å². The van der Waals surface area contributed by atoms with Crippen LogP contribution in [0, 0.1) is 5.82 Å². The molecular weight excluding hydrogens is 273 g/mol. The molecule has 5 nitrogen and oxygen atoms in total. The lowest BCUT2D eigenvalue weighted by molar-refractivity contribution is 0.0857. The minimum atomic E-state index is -0.467. The zero-order valence-electron chi connectivity index (χ0n) is 12.3. The zero-order chi connectivity index (χ0) is 15.5. The molecule has 0 saturated heterocycles. The van der Waals surface area contributed by atoms with Crippen LogP contribution in [0.2, 0.25) is 0 Å². The number of carbonyl (C=O) groups excluding carboxylic acids is 1. The number of hydrogen-bond donors (Lipinski definition) is 2. The first-order valence-corrected chi connectivity index (χ1v) is 7.12. The highest BCUT2D eigenvalue weighted by molar-refractivity contribution is 5.92. The molecule has 0 spiro atoms. The minimum Gasteiger partial charge on any atom is -0.396 e. The normalized spacial score (nSPS) is 11.8. The van der Waals surface area contributed by atoms with E-state index in [1.165, 1.54) is 22.7 Å². The highest BCUT2D eigenvalue weighted by Crippen LogP contribution is 2.20. The van der Waals surface area contributed by atoms with Gasteiger partial charge in [0, 0.05) is 18.3 Å². The van der Waals surface area contributed by atoms with Crippen LogP contribution in [0.15, 0.2) is 24.5 Å². The molecule has 2 N–H and O–H groups in total. The van der Waals surface area contributed by atoms with Crippen molar-refractivity contribution >= 4 is 11.4 Å². The first-order chi connectivity index (χ1) is 10.1. The number of imidazole rings is 1. The molecule has 0 saturated carbocycles. The van der Waals surface area contributed by atoms with E-state index < -0.39 is 11.4 Å². The van der Waals surface area contributed by atoms with Crippen LogP contribution in [0.1, 0.15) is 43.7 Å². The highest BCUT2D eigenvalue weighted by atomic mass is 19.1. The van der Waals surface area contributed by atoms with E-state index in [9.17, 15) is 14.3 Å². The number of aromatic nitrogens is 2. The Bertz CT molecular complexity index is 635. The summed E-state index contributed by atoms with van der Waals surface area (Å²) in [6.07, 6.45) is 4.83. The average molecular weight is 293 g/mol. The lowest BCUT2D eigenvalue weighted by Crippen LogP contribution is -2.48. The number of fused-ring (bicyclic) bond motifs is 1. The van der Waals surface area contributed by atoms with E-state index in [0.29, 0.717) is 19.3 Å². The molecule has 2 rings (SSSR count). The van der Waals surface area contributed by atoms with Crippen molar-refractivity contribution < 1.29 is 14.3 Å². The number of amides is 1. The number of rotatable bonds is 6. The van der Waals surface area contributed by atoms with Gasteiger partial charge in [-0.3, -0.25) is 9.20 Å². The first-order valence-electron chi connectivity index (χ1n) is 7.12. The Morgan fingerprint density at radius 3 is 2.81 bits per heavy atom. The number of aliphatic hydroxyl groups excluding tert-OH is 1. The van der Waals surface area contributed by atoms with Crippen molar-refractivity contribution in [2.24, 2.45) is 0 Å². The van der Waals surface area contributed by atoms with Crippen LogP contribution in [-0.2, 0) is 0 Å². The van der Waals surface area contributed by atoms with Crippen LogP contribution in [-0.4, -0.2) is 32.5 Å². The lowest BCUT2D eigenvalue weighted by atomic mass is 9.89. The molecule has 0 aromatic carbocycles. The van der Waals surface area contributed by atoms with E-state index in [1.807, 2.05) is 13.8 Å². The van der Waals surface area contributed by atoms with Crippen molar-refractivity contribution in [3.05, 3.63) is 36.2 Å². The van der Waals surface area contributed by atoms with E-state index in [-0.39, 0.29) is 23.9 Å². The van der Waals surface area contributed by atoms with E-state index in [0.717, 1.165) is 0 Å². The van der Waals surface area contributed by atoms with Crippen LogP contribution in [0.3, 0.4) is 0 Å². The van der Waals surface area contributed by atoms with Gasteiger partial charge in [-0.1, -0.05) is 13.8 Å². The Labute approximate surface area is 122 Å². The molecule has 0 aliphatic heterocycles. The number of halogens is 1. The largest absolute Gasteiger partial charge is 0.396 e. The van der Waals surface area contributed by atoms with Crippen LogP contribution < -0.4 is 5.32 Å². The van der Waals surface area contributed by atoms with Crippen molar-refractivity contribution in [3.8, 4) is 0 Å². The zero-order valence-corrected chi connectivity index (χ0v) is 12.3. The molecular formula is C15H20FN3O2. The molecule has 0 aliphatic rings. The van der Waals surface area contributed by atoms with Gasteiger partial charge in [0.15, 0.2) is 0 Å². The fourth-order valence-corrected chi connectivity index (χ4v) is 2.51. The van der Waals surface area contributed by atoms with Gasteiger partial charge in [0.1, 0.15) is 11.3 Å². The van der Waals surface area contributed by atoms with Crippen molar-refractivity contribution in [2.75, 3.05) is 6.61 Å². The van der Waals surface area contributed by atoms with E-state index in [2.05, 4.69) is 10.3 Å². The quantitative estimate of drug-likeness (QED) is 0.857. The van der Waals surface area contributed by atoms with Gasteiger partial charge in [0.25, 0.3) is 5.91 Å². The Morgan fingerprint density at radius 1 is 1.48 bits per heavy atom. The molecule has 0 aliphatic carbocycles. The summed E-state index contributed by atoms with van der Waals surface area (Å²) in [6.45, 7) is 3.92. The van der Waals surface area contributed by atoms with E-state index >= 15 is 0 Å². The summed E-state index contributed by atoms with van der Waals surface area (Å²) < 4.78 is 15.1. The number of carbonyl (C=O) groups is 1. The molecule has 0 unspecified atom stereocenters. The van der Waals surface area contributed by atoms with Gasteiger partial charge < -0.3 is 10.4 Å². The molecule has 21 heavy (non-hydrogen) atoms. The standard InChI is InChI=1S/C15H20FN3O2/c1-3-15(4-2,7-9-20)18-14(21)13-17-10-12-11(16)6-5-8-19(12)13/h5-6,8,10,20H,3-4,7,9H2,1-2H3,(H,18,21). The summed E-state index contributed by atoms with van der Waals surface area (Å²) in [5, 5.41) is 12.1. The van der Waals surface area contributed by atoms with Crippen molar-refractivity contribution in [3.63, 3.8) is 0 Å². The number of nitrogens with zero attached hydrogens (tertiary/aromatic N) is 2. The third-order valence-electron chi connectivity index (χ3n) is 4.04. The SMILES string of the molecule is CCC(CC)(CCO)NC(=O)c1ncc2c(F)cccn12. The molecule has 114 valence electrons. The first kappa shape index (κ1) is 15.4. The number of pyridine rings is 1. The van der Waals surface area contributed by atoms with E-state index in [4.69, 9.17) is 0 Å². The third-order valence-corrected chi connectivity index (χ3v) is 4.04. The molecule has 2 heterocycles. The maximum absolute atomic E-state index is 13.6. The Hall–Kier alpha value is -1.95. The molecule has 1 amide bonds. The molecule has 6 heteroatoms. The predicted octanol–water partition coefficient (Wildman–Crippen LogP) is 2.14. The van der Waals surface area contributed by atoms with Gasteiger partial charge in [0.05, 0.1) is 6.20 Å². The predicted molar refractivity (Wildman–Crippen MR) is 77.6 cm³/mol. The molecule has 0 radical (unpaired) electrons. The Kier molecular flexibility index (Phi) is 4.57. The van der Waals surface area contributed by atoms with Gasteiger partial charge in [0.2, 0.25) is 5.82 Å². The Morgan fingerprint density at radius 2 is 2.19 bits per heavy atom. The molecule has 2 aromatic heterocycles. The van der Waals surface area contributed by atoms with Crippen LogP contribution in [0.25, 0.3) is 5.52 Å². The molecule has 0 bridgehead atoms. The lowest BCUT2D eigenvalue weighted by Gasteiger charge is -2.32. The second-order valence-electron chi connectivity index (χ2n) is 5.11. The van der Waals surface area contributed by atoms with Gasteiger partial charge in [-0.15, -0.1) is 0 Å². The summed E-state index contributed by atoms with van der Waals surface area (Å²) in [5.74, 6) is -0.636. The third kappa shape index (κ3) is 2.90. The number of nitrogens with one attached hydrogen (secondary N) is 1. The average Bonchev–Trinajstić information content (AvgIpc) is 2.92. The second-order valence-corrected chi connectivity index (χ2v) is 5.11. The molecule has 2 aromatic rings. The van der Waals surface area contributed by atoms with Crippen LogP contribution >= 0.6 is 0 Å². The molecule has 0 atom stereocenters. The highest BCUT2D eigenvalue weighted by Gasteiger charge is 2.29. The van der Waals surface area contributed by atoms with Crippen molar-refractivity contribution in [2.45, 2.75) is 38.6 Å². The maximum atomic E-state index is 13.6. The summed E-state index contributed by atoms with van der Waals surface area (Å²) in [4.78, 5) is 16.5. The van der Waals surface area contributed by atoms with Crippen LogP contribution in [0.5, 0.6) is 0 Å². The van der Waals surface area contributed by atoms with Gasteiger partial charge in [-0.05, 0) is 31.4 Å². The summed E-state index contributed by atoms with van der Waals surface area (Å²) in [6, 6.07) is 2.86. The fourth-order valence-electron chi connectivity index (χ4n) is 2.51. The van der Waals surface area contributed by atoms with E-state index in [1.54, 1.807) is 6.20 Å². The summed E-state index contributed by atoms with van der Waals surface area (Å²) in [5.41, 5.74) is -0.200. The monoisotopic (exact) mass is 293 g/mol. The minimum absolute atomic E-state index is 0.00107. The van der Waals surface area contributed by atoms with Gasteiger partial charge >= 0.3 is 0 Å². The Balaban J connectivity index is 2.32. The van der Waals surface area contributed by atoms with Crippen molar-refractivity contribution in [1.29, 1.82) is 0 Å². The van der Waals surface area contributed by atoms with Gasteiger partial charge in [-0.25, -0.2) is 9.37 Å². The maximum Gasteiger partial charge on any atom is 0.288 e. The smallest absolute Gasteiger partial charge is 0.288 e. The number of hydrogen-bond acceptors (Lipinski definition) is 3. The topological polar surface area (TPSA) is 66.6 Å². The van der Waals surface area contributed by atoms with Crippen LogP contribution in [0.4, 0.5) is 4.39 Å².